The van der Waals surface area contributed by atoms with Crippen LogP contribution in [0.2, 0.25) is 0 Å². The number of thiophene rings is 1. The summed E-state index contributed by atoms with van der Waals surface area (Å²) in [6.45, 7) is 1.59. The Morgan fingerprint density at radius 1 is 1.13 bits per heavy atom. The van der Waals surface area contributed by atoms with E-state index < -0.39 is 17.7 Å². The lowest BCUT2D eigenvalue weighted by Crippen LogP contribution is -2.09. The summed E-state index contributed by atoms with van der Waals surface area (Å²) in [5.41, 5.74) is 1.40. The lowest BCUT2D eigenvalue weighted by molar-refractivity contribution is -0.138. The molecule has 2 aromatic carbocycles. The quantitative estimate of drug-likeness (QED) is 0.719. The van der Waals surface area contributed by atoms with Crippen LogP contribution in [-0.2, 0) is 4.79 Å². The molecule has 0 saturated heterocycles. The number of carbonyl (C=O) groups excluding carboxylic acids is 1. The van der Waals surface area contributed by atoms with E-state index in [1.165, 1.54) is 35.6 Å². The van der Waals surface area contributed by atoms with Gasteiger partial charge in [-0.2, -0.15) is 0 Å². The maximum atomic E-state index is 13.0. The van der Waals surface area contributed by atoms with E-state index in [0.717, 1.165) is 10.1 Å². The first kappa shape index (κ1) is 15.4. The third kappa shape index (κ3) is 2.87. The van der Waals surface area contributed by atoms with E-state index in [0.29, 0.717) is 16.7 Å². The highest BCUT2D eigenvalue weighted by molar-refractivity contribution is 7.17. The van der Waals surface area contributed by atoms with Crippen molar-refractivity contribution in [2.24, 2.45) is 0 Å². The molecule has 3 nitrogen and oxygen atoms in total. The summed E-state index contributed by atoms with van der Waals surface area (Å²) in [6.07, 6.45) is 0. The van der Waals surface area contributed by atoms with E-state index in [2.05, 4.69) is 0 Å². The smallest absolute Gasteiger partial charge is 0.310 e. The summed E-state index contributed by atoms with van der Waals surface area (Å²) >= 11 is 1.43. The Bertz CT molecular complexity index is 896. The fourth-order valence-electron chi connectivity index (χ4n) is 2.42. The minimum atomic E-state index is -0.945. The van der Waals surface area contributed by atoms with Crippen LogP contribution in [0.15, 0.2) is 47.8 Å². The maximum Gasteiger partial charge on any atom is 0.310 e. The van der Waals surface area contributed by atoms with Crippen LogP contribution in [-0.4, -0.2) is 16.9 Å². The van der Waals surface area contributed by atoms with Gasteiger partial charge in [-0.05, 0) is 65.7 Å². The molecule has 23 heavy (non-hydrogen) atoms. The second kappa shape index (κ2) is 5.93. The summed E-state index contributed by atoms with van der Waals surface area (Å²) in [7, 11) is 0. The summed E-state index contributed by atoms with van der Waals surface area (Å²) in [4.78, 5) is 24.0. The molecule has 0 aliphatic rings. The minimum absolute atomic E-state index is 0.239. The van der Waals surface area contributed by atoms with Crippen molar-refractivity contribution in [2.75, 3.05) is 0 Å². The van der Waals surface area contributed by atoms with Gasteiger partial charge in [-0.3, -0.25) is 9.59 Å². The highest BCUT2D eigenvalue weighted by atomic mass is 32.1. The van der Waals surface area contributed by atoms with Gasteiger partial charge >= 0.3 is 5.97 Å². The van der Waals surface area contributed by atoms with Crippen molar-refractivity contribution >= 4 is 33.2 Å². The van der Waals surface area contributed by atoms with Gasteiger partial charge in [0.05, 0.1) is 5.92 Å². The van der Waals surface area contributed by atoms with Crippen LogP contribution in [0.3, 0.4) is 0 Å². The number of hydrogen-bond acceptors (Lipinski definition) is 3. The van der Waals surface area contributed by atoms with Crippen molar-refractivity contribution in [1.82, 2.24) is 0 Å². The van der Waals surface area contributed by atoms with E-state index >= 15 is 0 Å². The summed E-state index contributed by atoms with van der Waals surface area (Å²) in [6, 6.07) is 10.6. The van der Waals surface area contributed by atoms with E-state index in [1.807, 2.05) is 11.4 Å². The zero-order chi connectivity index (χ0) is 16.6. The highest BCUT2D eigenvalue weighted by Crippen LogP contribution is 2.31. The lowest BCUT2D eigenvalue weighted by Gasteiger charge is -2.10. The normalized spacial score (nSPS) is 12.3. The summed E-state index contributed by atoms with van der Waals surface area (Å²) in [5, 5.41) is 11.9. The van der Waals surface area contributed by atoms with Crippen molar-refractivity contribution in [3.05, 3.63) is 70.4 Å². The predicted octanol–water partition coefficient (Wildman–Crippen LogP) is 4.46. The number of carboxylic acids is 1. The molecule has 1 atom stereocenters. The van der Waals surface area contributed by atoms with Crippen LogP contribution in [0, 0.1) is 5.82 Å². The number of benzene rings is 2. The van der Waals surface area contributed by atoms with Gasteiger partial charge in [-0.1, -0.05) is 0 Å². The molecule has 5 heteroatoms. The third-order valence-electron chi connectivity index (χ3n) is 3.79. The Kier molecular flexibility index (Phi) is 3.96. The SMILES string of the molecule is CC(C(=O)O)c1cc(C(=O)c2ccc(F)cc2)c2sccc2c1. The molecule has 0 aliphatic heterocycles. The van der Waals surface area contributed by atoms with E-state index in [-0.39, 0.29) is 5.78 Å². The Morgan fingerprint density at radius 3 is 2.48 bits per heavy atom. The van der Waals surface area contributed by atoms with Crippen LogP contribution >= 0.6 is 11.3 Å². The predicted molar refractivity (Wildman–Crippen MR) is 87.7 cm³/mol. The summed E-state index contributed by atoms with van der Waals surface area (Å²) in [5.74, 6) is -2.30. The molecular formula is C18H13FO3S. The Morgan fingerprint density at radius 2 is 1.83 bits per heavy atom. The zero-order valence-corrected chi connectivity index (χ0v) is 13.1. The molecule has 116 valence electrons. The van der Waals surface area contributed by atoms with Crippen molar-refractivity contribution < 1.29 is 19.1 Å². The molecule has 3 rings (SSSR count). The monoisotopic (exact) mass is 328 g/mol. The minimum Gasteiger partial charge on any atom is -0.481 e. The highest BCUT2D eigenvalue weighted by Gasteiger charge is 2.20. The number of rotatable bonds is 4. The van der Waals surface area contributed by atoms with Crippen molar-refractivity contribution in [2.45, 2.75) is 12.8 Å². The number of fused-ring (bicyclic) bond motifs is 1. The molecule has 0 aliphatic carbocycles. The first-order valence-corrected chi connectivity index (χ1v) is 7.89. The molecule has 1 aromatic heterocycles. The zero-order valence-electron chi connectivity index (χ0n) is 12.2. The molecule has 0 spiro atoms. The van der Waals surface area contributed by atoms with Gasteiger partial charge in [0, 0.05) is 15.8 Å². The van der Waals surface area contributed by atoms with Crippen LogP contribution < -0.4 is 0 Å². The largest absolute Gasteiger partial charge is 0.481 e. The average molecular weight is 328 g/mol. The average Bonchev–Trinajstić information content (AvgIpc) is 3.01. The van der Waals surface area contributed by atoms with Crippen LogP contribution in [0.1, 0.15) is 34.3 Å². The molecule has 0 bridgehead atoms. The van der Waals surface area contributed by atoms with Gasteiger partial charge < -0.3 is 5.11 Å². The standard InChI is InChI=1S/C18H13FO3S/c1-10(18(21)22)13-8-12-6-7-23-17(12)15(9-13)16(20)11-2-4-14(19)5-3-11/h2-10H,1H3,(H,21,22). The number of carbonyl (C=O) groups is 2. The maximum absolute atomic E-state index is 13.0. The van der Waals surface area contributed by atoms with Crippen LogP contribution in [0.25, 0.3) is 10.1 Å². The van der Waals surface area contributed by atoms with Gasteiger partial charge in [0.25, 0.3) is 0 Å². The van der Waals surface area contributed by atoms with E-state index in [4.69, 9.17) is 0 Å². The van der Waals surface area contributed by atoms with Crippen molar-refractivity contribution in [3.8, 4) is 0 Å². The lowest BCUT2D eigenvalue weighted by atomic mass is 9.94. The number of aliphatic carboxylic acids is 1. The van der Waals surface area contributed by atoms with Crippen LogP contribution in [0.4, 0.5) is 4.39 Å². The first-order chi connectivity index (χ1) is 11.0. The Hall–Kier alpha value is -2.53. The fourth-order valence-corrected chi connectivity index (χ4v) is 3.32. The molecule has 1 heterocycles. The molecule has 0 saturated carbocycles. The van der Waals surface area contributed by atoms with Gasteiger partial charge in [0.2, 0.25) is 0 Å². The van der Waals surface area contributed by atoms with E-state index in [1.54, 1.807) is 19.1 Å². The van der Waals surface area contributed by atoms with E-state index in [9.17, 15) is 19.1 Å². The first-order valence-electron chi connectivity index (χ1n) is 7.01. The molecule has 1 N–H and O–H groups in total. The molecule has 0 fully saturated rings. The van der Waals surface area contributed by atoms with Gasteiger partial charge in [-0.15, -0.1) is 11.3 Å². The Balaban J connectivity index is 2.15. The number of halogens is 1. The van der Waals surface area contributed by atoms with Crippen molar-refractivity contribution in [1.29, 1.82) is 0 Å². The number of carboxylic acid groups (broad SMARTS) is 1. The topological polar surface area (TPSA) is 54.4 Å². The van der Waals surface area contributed by atoms with Crippen molar-refractivity contribution in [3.63, 3.8) is 0 Å². The van der Waals surface area contributed by atoms with Gasteiger partial charge in [0.15, 0.2) is 5.78 Å². The van der Waals surface area contributed by atoms with Crippen LogP contribution in [0.5, 0.6) is 0 Å². The van der Waals surface area contributed by atoms with Gasteiger partial charge in [-0.25, -0.2) is 4.39 Å². The fraction of sp³-hybridized carbons (Fsp3) is 0.111. The molecule has 0 amide bonds. The third-order valence-corrected chi connectivity index (χ3v) is 4.76. The molecule has 1 unspecified atom stereocenters. The second-order valence-corrected chi connectivity index (χ2v) is 6.22. The number of ketones is 1. The molecule has 3 aromatic rings. The second-order valence-electron chi connectivity index (χ2n) is 5.30. The molecule has 0 radical (unpaired) electrons. The van der Waals surface area contributed by atoms with Gasteiger partial charge in [0.1, 0.15) is 5.82 Å². The molecular weight excluding hydrogens is 315 g/mol. The summed E-state index contributed by atoms with van der Waals surface area (Å²) < 4.78 is 13.8. The Labute approximate surface area is 136 Å². The number of hydrogen-bond donors (Lipinski definition) is 1.